The number of hydrazine groups is 1. The standard InChI is InChI=1S/C14H14N2S2/c1-9-2-4-10(5-3-9)14(16-15)13-8-12-11(18-13)6-7-17-12/h2-8,14,16H,15H2,1H3. The van der Waals surface area contributed by atoms with Gasteiger partial charge in [0, 0.05) is 14.3 Å². The van der Waals surface area contributed by atoms with Crippen LogP contribution in [0.25, 0.3) is 9.40 Å². The highest BCUT2D eigenvalue weighted by Crippen LogP contribution is 2.35. The number of benzene rings is 1. The molecule has 3 N–H and O–H groups in total. The van der Waals surface area contributed by atoms with Gasteiger partial charge in [0.15, 0.2) is 0 Å². The van der Waals surface area contributed by atoms with Crippen molar-refractivity contribution in [2.45, 2.75) is 13.0 Å². The van der Waals surface area contributed by atoms with E-state index in [0.29, 0.717) is 0 Å². The Balaban J connectivity index is 2.01. The van der Waals surface area contributed by atoms with Gasteiger partial charge >= 0.3 is 0 Å². The van der Waals surface area contributed by atoms with Crippen LogP contribution in [0.2, 0.25) is 0 Å². The molecule has 3 rings (SSSR count). The van der Waals surface area contributed by atoms with E-state index < -0.39 is 0 Å². The first kappa shape index (κ1) is 11.9. The summed E-state index contributed by atoms with van der Waals surface area (Å²) in [5.74, 6) is 5.73. The van der Waals surface area contributed by atoms with E-state index in [1.54, 1.807) is 22.7 Å². The maximum absolute atomic E-state index is 5.73. The maximum atomic E-state index is 5.73. The second-order valence-corrected chi connectivity index (χ2v) is 6.37. The smallest absolute Gasteiger partial charge is 0.0803 e. The molecule has 0 amide bonds. The minimum absolute atomic E-state index is 0.0789. The number of nitrogens with two attached hydrogens (primary N) is 1. The fourth-order valence-electron chi connectivity index (χ4n) is 2.03. The van der Waals surface area contributed by atoms with E-state index >= 15 is 0 Å². The Labute approximate surface area is 114 Å². The normalized spacial score (nSPS) is 13.0. The molecule has 2 nitrogen and oxygen atoms in total. The molecule has 0 radical (unpaired) electrons. The minimum atomic E-state index is 0.0789. The fraction of sp³-hybridized carbons (Fsp3) is 0.143. The summed E-state index contributed by atoms with van der Waals surface area (Å²) in [6, 6.07) is 13.0. The summed E-state index contributed by atoms with van der Waals surface area (Å²) in [5.41, 5.74) is 5.39. The van der Waals surface area contributed by atoms with Crippen LogP contribution in [0.5, 0.6) is 0 Å². The summed E-state index contributed by atoms with van der Waals surface area (Å²) >= 11 is 3.58. The number of hydrogen-bond acceptors (Lipinski definition) is 4. The molecule has 92 valence electrons. The molecule has 0 fully saturated rings. The highest BCUT2D eigenvalue weighted by atomic mass is 32.1. The first-order chi connectivity index (χ1) is 8.78. The Morgan fingerprint density at radius 3 is 2.56 bits per heavy atom. The van der Waals surface area contributed by atoms with Crippen LogP contribution in [0.1, 0.15) is 22.0 Å². The highest BCUT2D eigenvalue weighted by molar-refractivity contribution is 7.27. The summed E-state index contributed by atoms with van der Waals surface area (Å²) < 4.78 is 2.67. The minimum Gasteiger partial charge on any atom is -0.271 e. The van der Waals surface area contributed by atoms with Crippen molar-refractivity contribution >= 4 is 32.1 Å². The largest absolute Gasteiger partial charge is 0.271 e. The number of thiophene rings is 2. The molecule has 3 aromatic rings. The van der Waals surface area contributed by atoms with Crippen molar-refractivity contribution in [1.82, 2.24) is 5.43 Å². The zero-order chi connectivity index (χ0) is 12.5. The molecule has 0 saturated carbocycles. The molecule has 0 saturated heterocycles. The van der Waals surface area contributed by atoms with Gasteiger partial charge in [-0.05, 0) is 30.0 Å². The Bertz CT molecular complexity index is 623. The van der Waals surface area contributed by atoms with E-state index in [-0.39, 0.29) is 6.04 Å². The summed E-state index contributed by atoms with van der Waals surface area (Å²) in [4.78, 5) is 1.27. The fourth-order valence-corrected chi connectivity index (χ4v) is 4.24. The van der Waals surface area contributed by atoms with Gasteiger partial charge in [-0.3, -0.25) is 5.84 Å². The van der Waals surface area contributed by atoms with Gasteiger partial charge in [0.2, 0.25) is 0 Å². The Morgan fingerprint density at radius 1 is 1.11 bits per heavy atom. The van der Waals surface area contributed by atoms with Crippen LogP contribution in [0.3, 0.4) is 0 Å². The van der Waals surface area contributed by atoms with E-state index in [1.807, 2.05) is 0 Å². The molecule has 0 aliphatic carbocycles. The second-order valence-electron chi connectivity index (χ2n) is 4.31. The van der Waals surface area contributed by atoms with Crippen LogP contribution >= 0.6 is 22.7 Å². The van der Waals surface area contributed by atoms with Crippen LogP contribution < -0.4 is 11.3 Å². The lowest BCUT2D eigenvalue weighted by molar-refractivity contribution is 0.647. The summed E-state index contributed by atoms with van der Waals surface area (Å²) in [6.45, 7) is 2.09. The van der Waals surface area contributed by atoms with E-state index in [9.17, 15) is 0 Å². The predicted octanol–water partition coefficient (Wildman–Crippen LogP) is 3.82. The van der Waals surface area contributed by atoms with Crippen molar-refractivity contribution in [1.29, 1.82) is 0 Å². The van der Waals surface area contributed by atoms with Gasteiger partial charge < -0.3 is 0 Å². The summed E-state index contributed by atoms with van der Waals surface area (Å²) in [5, 5.41) is 2.13. The van der Waals surface area contributed by atoms with E-state index in [4.69, 9.17) is 5.84 Å². The molecule has 1 unspecified atom stereocenters. The predicted molar refractivity (Wildman–Crippen MR) is 80.0 cm³/mol. The number of hydrogen-bond donors (Lipinski definition) is 2. The Morgan fingerprint density at radius 2 is 1.89 bits per heavy atom. The molecule has 0 aliphatic rings. The van der Waals surface area contributed by atoms with Crippen molar-refractivity contribution in [3.63, 3.8) is 0 Å². The van der Waals surface area contributed by atoms with Gasteiger partial charge in [-0.15, -0.1) is 22.7 Å². The number of rotatable bonds is 3. The number of aryl methyl sites for hydroxylation is 1. The second kappa shape index (κ2) is 4.82. The van der Waals surface area contributed by atoms with E-state index in [1.165, 1.54) is 25.4 Å². The molecule has 2 heterocycles. The van der Waals surface area contributed by atoms with Gasteiger partial charge in [-0.1, -0.05) is 29.8 Å². The molecule has 1 atom stereocenters. The van der Waals surface area contributed by atoms with Crippen LogP contribution in [0, 0.1) is 6.92 Å². The maximum Gasteiger partial charge on any atom is 0.0803 e. The van der Waals surface area contributed by atoms with Crippen molar-refractivity contribution < 1.29 is 0 Å². The Kier molecular flexibility index (Phi) is 3.18. The van der Waals surface area contributed by atoms with Gasteiger partial charge in [-0.2, -0.15) is 0 Å². The molecular weight excluding hydrogens is 260 g/mol. The lowest BCUT2D eigenvalue weighted by Gasteiger charge is -2.14. The topological polar surface area (TPSA) is 38.0 Å². The van der Waals surface area contributed by atoms with Gasteiger partial charge in [-0.25, -0.2) is 5.43 Å². The van der Waals surface area contributed by atoms with Crippen molar-refractivity contribution in [2.24, 2.45) is 5.84 Å². The van der Waals surface area contributed by atoms with Crippen molar-refractivity contribution in [3.8, 4) is 0 Å². The average molecular weight is 274 g/mol. The molecule has 2 aromatic heterocycles. The zero-order valence-corrected chi connectivity index (χ0v) is 11.6. The summed E-state index contributed by atoms with van der Waals surface area (Å²) in [6.07, 6.45) is 0. The van der Waals surface area contributed by atoms with Crippen molar-refractivity contribution in [3.05, 3.63) is 57.8 Å². The molecule has 18 heavy (non-hydrogen) atoms. The number of nitrogens with one attached hydrogen (secondary N) is 1. The SMILES string of the molecule is Cc1ccc(C(NN)c2cc3sccc3s2)cc1. The third kappa shape index (κ3) is 2.08. The van der Waals surface area contributed by atoms with Gasteiger partial charge in [0.05, 0.1) is 6.04 Å². The zero-order valence-electron chi connectivity index (χ0n) is 10.0. The number of fused-ring (bicyclic) bond motifs is 1. The first-order valence-electron chi connectivity index (χ1n) is 5.77. The third-order valence-electron chi connectivity index (χ3n) is 3.02. The molecule has 0 aliphatic heterocycles. The third-order valence-corrected chi connectivity index (χ3v) is 5.18. The van der Waals surface area contributed by atoms with Crippen LogP contribution in [-0.2, 0) is 0 Å². The summed E-state index contributed by atoms with van der Waals surface area (Å²) in [7, 11) is 0. The van der Waals surface area contributed by atoms with E-state index in [2.05, 4.69) is 54.1 Å². The van der Waals surface area contributed by atoms with Gasteiger partial charge in [0.25, 0.3) is 0 Å². The average Bonchev–Trinajstić information content (AvgIpc) is 2.93. The van der Waals surface area contributed by atoms with Crippen molar-refractivity contribution in [2.75, 3.05) is 0 Å². The monoisotopic (exact) mass is 274 g/mol. The van der Waals surface area contributed by atoms with Crippen LogP contribution in [0.15, 0.2) is 41.8 Å². The Hall–Kier alpha value is -1.20. The quantitative estimate of drug-likeness (QED) is 0.563. The first-order valence-corrected chi connectivity index (χ1v) is 7.47. The molecule has 4 heteroatoms. The molecule has 1 aromatic carbocycles. The lowest BCUT2D eigenvalue weighted by Crippen LogP contribution is -2.28. The lowest BCUT2D eigenvalue weighted by atomic mass is 10.0. The van der Waals surface area contributed by atoms with Crippen LogP contribution in [-0.4, -0.2) is 0 Å². The molecular formula is C14H14N2S2. The van der Waals surface area contributed by atoms with Crippen LogP contribution in [0.4, 0.5) is 0 Å². The van der Waals surface area contributed by atoms with Gasteiger partial charge in [0.1, 0.15) is 0 Å². The highest BCUT2D eigenvalue weighted by Gasteiger charge is 2.15. The molecule has 0 bridgehead atoms. The van der Waals surface area contributed by atoms with E-state index in [0.717, 1.165) is 0 Å². The molecule has 0 spiro atoms.